The van der Waals surface area contributed by atoms with Crippen molar-refractivity contribution < 1.29 is 27.9 Å². The average Bonchev–Trinajstić information content (AvgIpc) is 2.93. The summed E-state index contributed by atoms with van der Waals surface area (Å²) >= 11 is 0. The van der Waals surface area contributed by atoms with Crippen molar-refractivity contribution in [3.63, 3.8) is 0 Å². The number of nitrogen functional groups attached to an aromatic ring is 1. The van der Waals surface area contributed by atoms with Crippen LogP contribution < -0.4 is 22.3 Å². The molecule has 2 aliphatic rings. The number of nitrogens with one attached hydrogen (secondary N) is 2. The fourth-order valence-electron chi connectivity index (χ4n) is 5.01. The number of likely N-dealkylation sites (N-methyl/N-ethyl adjacent to an activating group) is 1. The molecule has 0 spiro atoms. The second-order valence-corrected chi connectivity index (χ2v) is 9.45. The number of nitrogens with two attached hydrogens (primary N) is 1. The SMILES string of the molecule is CN1C(=O)N[C@](C)(CC2CCC(n3c(=O)c(C(=N)N)c(O)n(CCCC(F)(F)F)c3=O)CC2)C1=O. The van der Waals surface area contributed by atoms with Gasteiger partial charge in [-0.15, -0.1) is 0 Å². The normalized spacial score (nSPS) is 25.1. The van der Waals surface area contributed by atoms with Gasteiger partial charge in [0.05, 0.1) is 0 Å². The molecule has 1 atom stereocenters. The molecule has 11 nitrogen and oxygen atoms in total. The molecule has 0 bridgehead atoms. The summed E-state index contributed by atoms with van der Waals surface area (Å²) in [7, 11) is 1.39. The summed E-state index contributed by atoms with van der Waals surface area (Å²) < 4.78 is 39.2. The molecule has 0 radical (unpaired) electrons. The molecule has 1 aliphatic carbocycles. The van der Waals surface area contributed by atoms with Crippen LogP contribution in [-0.2, 0) is 11.3 Å². The third-order valence-electron chi connectivity index (χ3n) is 6.80. The van der Waals surface area contributed by atoms with E-state index < -0.39 is 71.7 Å². The minimum absolute atomic E-state index is 0.0149. The van der Waals surface area contributed by atoms with Crippen LogP contribution in [0, 0.1) is 11.3 Å². The predicted molar refractivity (Wildman–Crippen MR) is 118 cm³/mol. The largest absolute Gasteiger partial charge is 0.494 e. The molecule has 3 amide bonds. The van der Waals surface area contributed by atoms with Gasteiger partial charge in [0, 0.05) is 26.1 Å². The summed E-state index contributed by atoms with van der Waals surface area (Å²) in [5.74, 6) is -2.05. The molecule has 14 heteroatoms. The van der Waals surface area contributed by atoms with Gasteiger partial charge in [-0.3, -0.25) is 29.0 Å². The Kier molecular flexibility index (Phi) is 7.04. The Hall–Kier alpha value is -3.32. The number of nitrogens with zero attached hydrogens (tertiary/aromatic N) is 3. The maximum Gasteiger partial charge on any atom is 0.389 e. The van der Waals surface area contributed by atoms with Gasteiger partial charge in [-0.1, -0.05) is 0 Å². The number of carbonyl (C=O) groups is 2. The van der Waals surface area contributed by atoms with Crippen molar-refractivity contribution in [3.05, 3.63) is 26.4 Å². The lowest BCUT2D eigenvalue weighted by Gasteiger charge is -2.33. The number of imide groups is 1. The van der Waals surface area contributed by atoms with Gasteiger partial charge in [-0.2, -0.15) is 13.2 Å². The fraction of sp³-hybridized carbons (Fsp3) is 0.667. The summed E-state index contributed by atoms with van der Waals surface area (Å²) in [6.45, 7) is 1.14. The summed E-state index contributed by atoms with van der Waals surface area (Å²) in [4.78, 5) is 51.3. The Morgan fingerprint density at radius 2 is 1.80 bits per heavy atom. The first-order chi connectivity index (χ1) is 16.2. The molecule has 35 heavy (non-hydrogen) atoms. The summed E-state index contributed by atoms with van der Waals surface area (Å²) in [6, 6.07) is -1.10. The number of hydrogen-bond donors (Lipinski definition) is 4. The molecule has 1 aromatic heterocycles. The van der Waals surface area contributed by atoms with Crippen LogP contribution in [-0.4, -0.2) is 55.7 Å². The lowest BCUT2D eigenvalue weighted by Crippen LogP contribution is -2.47. The number of alkyl halides is 3. The van der Waals surface area contributed by atoms with Crippen molar-refractivity contribution in [2.75, 3.05) is 7.05 Å². The van der Waals surface area contributed by atoms with E-state index in [0.717, 1.165) is 9.47 Å². The molecule has 1 saturated heterocycles. The highest BCUT2D eigenvalue weighted by Gasteiger charge is 2.47. The van der Waals surface area contributed by atoms with Crippen molar-refractivity contribution in [2.24, 2.45) is 11.7 Å². The molecule has 2 heterocycles. The standard InChI is InChI=1S/C21H29F3N6O5/c1-20(17(33)28(2)18(34)27-20)10-11-4-6-12(7-5-11)30-16(32)13(14(25)26)15(31)29(19(30)35)9-3-8-21(22,23)24/h11-12,31H,3-10H2,1-2H3,(H3,25,26)(H,27,34)/t11?,12?,20-/m1/s1. The average molecular weight is 502 g/mol. The van der Waals surface area contributed by atoms with Gasteiger partial charge in [0.25, 0.3) is 11.5 Å². The molecule has 194 valence electrons. The molecule has 1 aliphatic heterocycles. The van der Waals surface area contributed by atoms with E-state index in [1.54, 1.807) is 6.92 Å². The van der Waals surface area contributed by atoms with Crippen LogP contribution in [0.1, 0.15) is 63.5 Å². The summed E-state index contributed by atoms with van der Waals surface area (Å²) in [5.41, 5.74) is 1.82. The quantitative estimate of drug-likeness (QED) is 0.250. The van der Waals surface area contributed by atoms with E-state index in [4.69, 9.17) is 11.1 Å². The third-order valence-corrected chi connectivity index (χ3v) is 6.80. The first kappa shape index (κ1) is 26.3. The minimum Gasteiger partial charge on any atom is -0.494 e. The van der Waals surface area contributed by atoms with Gasteiger partial charge >= 0.3 is 17.9 Å². The number of aromatic hydroxyl groups is 1. The molecule has 2 fully saturated rings. The van der Waals surface area contributed by atoms with Gasteiger partial charge < -0.3 is 16.2 Å². The Morgan fingerprint density at radius 1 is 1.20 bits per heavy atom. The highest BCUT2D eigenvalue weighted by atomic mass is 19.4. The number of aromatic nitrogens is 2. The zero-order chi connectivity index (χ0) is 26.3. The summed E-state index contributed by atoms with van der Waals surface area (Å²) in [6.07, 6.45) is -4.06. The van der Waals surface area contributed by atoms with Crippen LogP contribution >= 0.6 is 0 Å². The maximum absolute atomic E-state index is 13.0. The Balaban J connectivity index is 1.83. The second-order valence-electron chi connectivity index (χ2n) is 9.45. The zero-order valence-corrected chi connectivity index (χ0v) is 19.4. The Bertz CT molecular complexity index is 1150. The molecule has 1 saturated carbocycles. The van der Waals surface area contributed by atoms with Crippen molar-refractivity contribution >= 4 is 17.8 Å². The van der Waals surface area contributed by atoms with Gasteiger partial charge in [0.2, 0.25) is 5.88 Å². The third kappa shape index (κ3) is 5.20. The van der Waals surface area contributed by atoms with Crippen LogP contribution in [0.15, 0.2) is 9.59 Å². The maximum atomic E-state index is 13.0. The van der Waals surface area contributed by atoms with E-state index in [0.29, 0.717) is 36.7 Å². The molecule has 3 rings (SSSR count). The molecular weight excluding hydrogens is 473 g/mol. The smallest absolute Gasteiger partial charge is 0.389 e. The molecule has 1 aromatic rings. The van der Waals surface area contributed by atoms with E-state index in [9.17, 15) is 37.5 Å². The van der Waals surface area contributed by atoms with Crippen LogP contribution in [0.5, 0.6) is 5.88 Å². The van der Waals surface area contributed by atoms with Gasteiger partial charge in [-0.05, 0) is 51.4 Å². The molecule has 0 aromatic carbocycles. The monoisotopic (exact) mass is 502 g/mol. The Labute approximate surface area is 198 Å². The van der Waals surface area contributed by atoms with Gasteiger partial charge in [-0.25, -0.2) is 9.59 Å². The van der Waals surface area contributed by atoms with E-state index in [1.807, 2.05) is 0 Å². The number of hydrogen-bond acceptors (Lipinski definition) is 6. The van der Waals surface area contributed by atoms with E-state index >= 15 is 0 Å². The number of halogens is 3. The first-order valence-electron chi connectivity index (χ1n) is 11.3. The van der Waals surface area contributed by atoms with Crippen molar-refractivity contribution in [1.82, 2.24) is 19.4 Å². The topological polar surface area (TPSA) is 164 Å². The minimum atomic E-state index is -4.46. The highest BCUT2D eigenvalue weighted by molar-refractivity contribution is 6.06. The first-order valence-corrected chi connectivity index (χ1v) is 11.3. The highest BCUT2D eigenvalue weighted by Crippen LogP contribution is 2.37. The fourth-order valence-corrected chi connectivity index (χ4v) is 5.01. The van der Waals surface area contributed by atoms with Crippen LogP contribution in [0.2, 0.25) is 0 Å². The van der Waals surface area contributed by atoms with Gasteiger partial charge in [0.15, 0.2) is 0 Å². The van der Waals surface area contributed by atoms with Crippen molar-refractivity contribution in [2.45, 2.75) is 76.2 Å². The molecular formula is C21H29F3N6O5. The van der Waals surface area contributed by atoms with Crippen LogP contribution in [0.25, 0.3) is 0 Å². The number of amidine groups is 1. The zero-order valence-electron chi connectivity index (χ0n) is 19.4. The van der Waals surface area contributed by atoms with Crippen molar-refractivity contribution in [3.8, 4) is 5.88 Å². The summed E-state index contributed by atoms with van der Waals surface area (Å²) in [5, 5.41) is 20.7. The van der Waals surface area contributed by atoms with E-state index in [-0.39, 0.29) is 11.8 Å². The number of carbonyl (C=O) groups excluding carboxylic acids is 2. The number of amides is 3. The predicted octanol–water partition coefficient (Wildman–Crippen LogP) is 1.40. The lowest BCUT2D eigenvalue weighted by molar-refractivity contribution is -0.136. The van der Waals surface area contributed by atoms with Crippen molar-refractivity contribution in [1.29, 1.82) is 5.41 Å². The van der Waals surface area contributed by atoms with E-state index in [1.165, 1.54) is 7.05 Å². The van der Waals surface area contributed by atoms with Crippen LogP contribution in [0.3, 0.4) is 0 Å². The van der Waals surface area contributed by atoms with Gasteiger partial charge in [0.1, 0.15) is 16.9 Å². The Morgan fingerprint density at radius 3 is 2.29 bits per heavy atom. The lowest BCUT2D eigenvalue weighted by atomic mass is 9.78. The molecule has 5 N–H and O–H groups in total. The second kappa shape index (κ2) is 9.38. The van der Waals surface area contributed by atoms with E-state index in [2.05, 4.69) is 5.32 Å². The number of rotatable bonds is 7. The van der Waals surface area contributed by atoms with Crippen LogP contribution in [0.4, 0.5) is 18.0 Å². The number of urea groups is 1. The molecule has 0 unspecified atom stereocenters.